The molecule has 0 heterocycles. The van der Waals surface area contributed by atoms with Crippen LogP contribution in [0.4, 0.5) is 0 Å². The molecule has 1 rings (SSSR count). The highest BCUT2D eigenvalue weighted by Gasteiger charge is 2.25. The molecule has 0 spiro atoms. The predicted octanol–water partition coefficient (Wildman–Crippen LogP) is -0.354. The van der Waals surface area contributed by atoms with Crippen molar-refractivity contribution in [1.29, 1.82) is 0 Å². The fourth-order valence-corrected chi connectivity index (χ4v) is 1.00. The van der Waals surface area contributed by atoms with Gasteiger partial charge in [-0.3, -0.25) is 4.79 Å². The first kappa shape index (κ1) is 10.5. The Hall–Kier alpha value is -0.610. The van der Waals surface area contributed by atoms with Crippen LogP contribution in [-0.4, -0.2) is 34.9 Å². The summed E-state index contributed by atoms with van der Waals surface area (Å²) >= 11 is 0. The Labute approximate surface area is 78.0 Å². The maximum atomic E-state index is 11.2. The first-order chi connectivity index (χ1) is 6.03. The fraction of sp³-hybridized carbons (Fsp3) is 0.889. The molecule has 0 aliphatic heterocycles. The van der Waals surface area contributed by atoms with E-state index in [2.05, 4.69) is 5.32 Å². The Morgan fingerprint density at radius 1 is 1.62 bits per heavy atom. The third kappa shape index (κ3) is 4.24. The molecule has 0 radical (unpaired) electrons. The van der Waals surface area contributed by atoms with Crippen LogP contribution in [0.2, 0.25) is 0 Å². The Bertz CT molecular complexity index is 187. The molecule has 1 aliphatic rings. The number of carbonyl (C=O) groups is 1. The minimum atomic E-state index is -1.20. The van der Waals surface area contributed by atoms with E-state index in [1.807, 2.05) is 0 Å². The van der Waals surface area contributed by atoms with Gasteiger partial charge in [0.25, 0.3) is 0 Å². The van der Waals surface area contributed by atoms with Gasteiger partial charge in [-0.15, -0.1) is 0 Å². The number of carbonyl (C=O) groups excluding carboxylic acids is 1. The highest BCUT2D eigenvalue weighted by Crippen LogP contribution is 2.32. The number of nitrogens with one attached hydrogen (secondary N) is 1. The van der Waals surface area contributed by atoms with Crippen LogP contribution >= 0.6 is 0 Å². The molecule has 4 nitrogen and oxygen atoms in total. The third-order valence-corrected chi connectivity index (χ3v) is 2.18. The van der Waals surface area contributed by atoms with Gasteiger partial charge in [-0.25, -0.2) is 0 Å². The molecular weight excluding hydrogens is 170 g/mol. The second-order valence-corrected chi connectivity index (χ2v) is 4.08. The van der Waals surface area contributed by atoms with Crippen LogP contribution in [0.25, 0.3) is 0 Å². The average Bonchev–Trinajstić information content (AvgIpc) is 2.85. The second-order valence-electron chi connectivity index (χ2n) is 4.08. The Balaban J connectivity index is 2.13. The van der Waals surface area contributed by atoms with E-state index in [1.165, 1.54) is 6.92 Å². The zero-order valence-electron chi connectivity index (χ0n) is 7.92. The Kier molecular flexibility index (Phi) is 3.27. The van der Waals surface area contributed by atoms with Gasteiger partial charge in [0, 0.05) is 13.0 Å². The van der Waals surface area contributed by atoms with E-state index in [0.717, 1.165) is 12.8 Å². The number of hydrogen-bond donors (Lipinski definition) is 3. The minimum Gasteiger partial charge on any atom is -0.393 e. The van der Waals surface area contributed by atoms with Gasteiger partial charge < -0.3 is 15.5 Å². The van der Waals surface area contributed by atoms with Crippen LogP contribution in [0.15, 0.2) is 0 Å². The van der Waals surface area contributed by atoms with Crippen molar-refractivity contribution < 1.29 is 15.0 Å². The Morgan fingerprint density at radius 3 is 2.69 bits per heavy atom. The maximum Gasteiger partial charge on any atom is 0.220 e. The van der Waals surface area contributed by atoms with E-state index in [9.17, 15) is 9.90 Å². The molecule has 13 heavy (non-hydrogen) atoms. The molecular formula is C9H17NO3. The van der Waals surface area contributed by atoms with Crippen molar-refractivity contribution in [3.05, 3.63) is 0 Å². The monoisotopic (exact) mass is 187 g/mol. The molecule has 76 valence electrons. The second kappa shape index (κ2) is 4.07. The summed E-state index contributed by atoms with van der Waals surface area (Å²) in [6.07, 6.45) is 2.84. The van der Waals surface area contributed by atoms with Crippen LogP contribution in [0.1, 0.15) is 26.2 Å². The van der Waals surface area contributed by atoms with Crippen molar-refractivity contribution in [3.63, 3.8) is 0 Å². The minimum absolute atomic E-state index is 0.0313. The zero-order chi connectivity index (χ0) is 9.90. The van der Waals surface area contributed by atoms with Gasteiger partial charge in [0.15, 0.2) is 0 Å². The molecule has 0 aromatic rings. The van der Waals surface area contributed by atoms with Crippen molar-refractivity contribution in [2.24, 2.45) is 5.92 Å². The van der Waals surface area contributed by atoms with E-state index >= 15 is 0 Å². The first-order valence-corrected chi connectivity index (χ1v) is 4.63. The summed E-state index contributed by atoms with van der Waals surface area (Å²) in [5, 5.41) is 20.7. The van der Waals surface area contributed by atoms with Gasteiger partial charge >= 0.3 is 0 Å². The quantitative estimate of drug-likeness (QED) is 0.551. The lowest BCUT2D eigenvalue weighted by Gasteiger charge is -2.20. The van der Waals surface area contributed by atoms with Crippen LogP contribution in [-0.2, 0) is 4.79 Å². The topological polar surface area (TPSA) is 69.6 Å². The summed E-state index contributed by atoms with van der Waals surface area (Å²) in [7, 11) is 0. The van der Waals surface area contributed by atoms with Gasteiger partial charge in [0.1, 0.15) is 5.60 Å². The summed E-state index contributed by atoms with van der Waals surface area (Å²) in [4.78, 5) is 11.2. The number of aliphatic hydroxyl groups excluding tert-OH is 1. The molecule has 1 saturated carbocycles. The summed E-state index contributed by atoms with van der Waals surface area (Å²) in [5.74, 6) is 0.523. The summed E-state index contributed by atoms with van der Waals surface area (Å²) in [6.45, 7) is 1.27. The molecule has 1 atom stereocenters. The van der Waals surface area contributed by atoms with Gasteiger partial charge in [0.2, 0.25) is 5.91 Å². The van der Waals surface area contributed by atoms with Crippen LogP contribution < -0.4 is 5.32 Å². The first-order valence-electron chi connectivity index (χ1n) is 4.63. The van der Waals surface area contributed by atoms with E-state index in [-0.39, 0.29) is 19.1 Å². The zero-order valence-corrected chi connectivity index (χ0v) is 7.92. The largest absolute Gasteiger partial charge is 0.393 e. The lowest BCUT2D eigenvalue weighted by molar-refractivity contribution is -0.122. The molecule has 4 heteroatoms. The molecule has 1 aliphatic carbocycles. The smallest absolute Gasteiger partial charge is 0.220 e. The van der Waals surface area contributed by atoms with Crippen molar-refractivity contribution in [3.8, 4) is 0 Å². The van der Waals surface area contributed by atoms with Crippen molar-refractivity contribution in [1.82, 2.24) is 5.32 Å². The Morgan fingerprint density at radius 2 is 2.23 bits per heavy atom. The van der Waals surface area contributed by atoms with Gasteiger partial charge in [-0.2, -0.15) is 0 Å². The normalized spacial score (nSPS) is 20.8. The molecule has 0 aromatic carbocycles. The number of aliphatic hydroxyl groups is 2. The van der Waals surface area contributed by atoms with Gasteiger partial charge in [-0.1, -0.05) is 0 Å². The van der Waals surface area contributed by atoms with Gasteiger partial charge in [0.05, 0.1) is 6.61 Å². The number of amides is 1. The van der Waals surface area contributed by atoms with E-state index < -0.39 is 5.60 Å². The fourth-order valence-electron chi connectivity index (χ4n) is 1.00. The molecule has 3 N–H and O–H groups in total. The number of rotatable bonds is 5. The van der Waals surface area contributed by atoms with E-state index in [0.29, 0.717) is 12.3 Å². The lowest BCUT2D eigenvalue weighted by Crippen LogP contribution is -2.43. The van der Waals surface area contributed by atoms with Crippen molar-refractivity contribution in [2.45, 2.75) is 31.8 Å². The van der Waals surface area contributed by atoms with E-state index in [1.54, 1.807) is 0 Å². The van der Waals surface area contributed by atoms with Crippen LogP contribution in [0.5, 0.6) is 0 Å². The van der Waals surface area contributed by atoms with Crippen molar-refractivity contribution in [2.75, 3.05) is 13.2 Å². The van der Waals surface area contributed by atoms with E-state index in [4.69, 9.17) is 5.11 Å². The molecule has 1 amide bonds. The standard InChI is InChI=1S/C9H17NO3/c1-9(13,6-11)5-10-8(12)4-7-2-3-7/h7,11,13H,2-6H2,1H3,(H,10,12). The SMILES string of the molecule is CC(O)(CO)CNC(=O)CC1CC1. The van der Waals surface area contributed by atoms with Crippen LogP contribution in [0.3, 0.4) is 0 Å². The third-order valence-electron chi connectivity index (χ3n) is 2.18. The molecule has 1 fully saturated rings. The summed E-state index contributed by atoms with van der Waals surface area (Å²) < 4.78 is 0. The summed E-state index contributed by atoms with van der Waals surface area (Å²) in [5.41, 5.74) is -1.20. The predicted molar refractivity (Wildman–Crippen MR) is 48.1 cm³/mol. The summed E-state index contributed by atoms with van der Waals surface area (Å²) in [6, 6.07) is 0. The highest BCUT2D eigenvalue weighted by molar-refractivity contribution is 5.76. The molecule has 1 unspecified atom stereocenters. The molecule has 0 saturated heterocycles. The van der Waals surface area contributed by atoms with Crippen molar-refractivity contribution >= 4 is 5.91 Å². The van der Waals surface area contributed by atoms with Crippen LogP contribution in [0, 0.1) is 5.92 Å². The van der Waals surface area contributed by atoms with Gasteiger partial charge in [-0.05, 0) is 25.7 Å². The lowest BCUT2D eigenvalue weighted by atomic mass is 10.1. The maximum absolute atomic E-state index is 11.2. The average molecular weight is 187 g/mol. The molecule has 0 bridgehead atoms. The highest BCUT2D eigenvalue weighted by atomic mass is 16.3. The molecule has 0 aromatic heterocycles. The number of hydrogen-bond acceptors (Lipinski definition) is 3.